The van der Waals surface area contributed by atoms with Crippen LogP contribution >= 0.6 is 27.3 Å². The number of thiazole rings is 1. The van der Waals surface area contributed by atoms with Crippen molar-refractivity contribution in [2.24, 2.45) is 4.99 Å². The summed E-state index contributed by atoms with van der Waals surface area (Å²) in [4.78, 5) is 33.1. The number of halogens is 1. The van der Waals surface area contributed by atoms with E-state index >= 15 is 0 Å². The van der Waals surface area contributed by atoms with Gasteiger partial charge in [0.05, 0.1) is 35.6 Å². The number of carbonyl (C=O) groups is 1. The van der Waals surface area contributed by atoms with Gasteiger partial charge in [0.15, 0.2) is 4.80 Å². The highest BCUT2D eigenvalue weighted by Gasteiger charge is 2.35. The number of hydrogen-bond acceptors (Lipinski definition) is 7. The van der Waals surface area contributed by atoms with Gasteiger partial charge < -0.3 is 13.9 Å². The molecule has 0 amide bonds. The number of hydrogen-bond donors (Lipinski definition) is 0. The topological polar surface area (TPSA) is 83.0 Å². The number of ether oxygens (including phenoxy) is 2. The standard InChI is InChI=1S/C34H27BrN2O5S/c1-4-41-33(39)29-30(21-9-6-5-7-10-21)36-34-37(31(29)22-11-8-12-23(18-22)40-3)32(38)28(43-34)19-24-14-16-27(42-24)25-15-13-20(2)17-26(25)35/h5-19,31H,4H2,1-3H3/b28-19-/t31-/m0/s1. The van der Waals surface area contributed by atoms with E-state index in [1.54, 1.807) is 24.7 Å². The fourth-order valence-corrected chi connectivity index (χ4v) is 6.76. The zero-order valence-electron chi connectivity index (χ0n) is 23.7. The van der Waals surface area contributed by atoms with E-state index in [2.05, 4.69) is 15.9 Å². The van der Waals surface area contributed by atoms with Crippen LogP contribution in [0.25, 0.3) is 23.1 Å². The Morgan fingerprint density at radius 1 is 1.07 bits per heavy atom. The number of aryl methyl sites for hydroxylation is 1. The van der Waals surface area contributed by atoms with E-state index < -0.39 is 12.0 Å². The molecule has 43 heavy (non-hydrogen) atoms. The van der Waals surface area contributed by atoms with Crippen molar-refractivity contribution >= 4 is 45.0 Å². The second-order valence-electron chi connectivity index (χ2n) is 9.89. The molecule has 3 aromatic carbocycles. The molecule has 0 saturated carbocycles. The Bertz CT molecular complexity index is 2060. The molecular weight excluding hydrogens is 628 g/mol. The van der Waals surface area contributed by atoms with Crippen molar-refractivity contribution in [3.05, 3.63) is 137 Å². The first kappa shape index (κ1) is 28.6. The van der Waals surface area contributed by atoms with Crippen LogP contribution in [-0.2, 0) is 9.53 Å². The normalized spacial score (nSPS) is 14.8. The SMILES string of the molecule is CCOC(=O)C1=C(c2ccccc2)N=c2s/c(=C\c3ccc(-c4ccc(C)cc4Br)o3)c(=O)n2[C@H]1c1cccc(OC)c1. The monoisotopic (exact) mass is 654 g/mol. The molecular formula is C34H27BrN2O5S. The van der Waals surface area contributed by atoms with E-state index in [1.807, 2.05) is 91.9 Å². The van der Waals surface area contributed by atoms with Crippen LogP contribution in [0, 0.1) is 6.92 Å². The van der Waals surface area contributed by atoms with Crippen LogP contribution in [0.5, 0.6) is 5.75 Å². The third-order valence-electron chi connectivity index (χ3n) is 7.07. The van der Waals surface area contributed by atoms with Gasteiger partial charge in [0, 0.05) is 21.7 Å². The van der Waals surface area contributed by atoms with Crippen molar-refractivity contribution in [1.29, 1.82) is 0 Å². The molecule has 0 unspecified atom stereocenters. The highest BCUT2D eigenvalue weighted by Crippen LogP contribution is 2.36. The molecule has 1 aliphatic rings. The lowest BCUT2D eigenvalue weighted by Crippen LogP contribution is -2.40. The number of methoxy groups -OCH3 is 1. The first-order valence-corrected chi connectivity index (χ1v) is 15.3. The van der Waals surface area contributed by atoms with Gasteiger partial charge in [-0.15, -0.1) is 0 Å². The average Bonchev–Trinajstić information content (AvgIpc) is 3.60. The lowest BCUT2D eigenvalue weighted by Gasteiger charge is -2.26. The highest BCUT2D eigenvalue weighted by atomic mass is 79.9. The van der Waals surface area contributed by atoms with Crippen LogP contribution in [0.1, 0.15) is 35.4 Å². The summed E-state index contributed by atoms with van der Waals surface area (Å²) in [6.07, 6.45) is 1.72. The third kappa shape index (κ3) is 5.53. The summed E-state index contributed by atoms with van der Waals surface area (Å²) in [5.74, 6) is 1.27. The summed E-state index contributed by atoms with van der Waals surface area (Å²) in [5, 5.41) is 0. The molecule has 0 spiro atoms. The minimum absolute atomic E-state index is 0.178. The quantitative estimate of drug-likeness (QED) is 0.193. The Kier molecular flexibility index (Phi) is 8.01. The van der Waals surface area contributed by atoms with Crippen molar-refractivity contribution in [2.75, 3.05) is 13.7 Å². The number of nitrogens with zero attached hydrogens (tertiary/aromatic N) is 2. The molecule has 9 heteroatoms. The molecule has 0 radical (unpaired) electrons. The van der Waals surface area contributed by atoms with Gasteiger partial charge in [0.25, 0.3) is 5.56 Å². The van der Waals surface area contributed by atoms with Crippen molar-refractivity contribution in [2.45, 2.75) is 19.9 Å². The molecule has 0 N–H and O–H groups in total. The number of esters is 1. The van der Waals surface area contributed by atoms with Gasteiger partial charge >= 0.3 is 5.97 Å². The predicted molar refractivity (Wildman–Crippen MR) is 171 cm³/mol. The van der Waals surface area contributed by atoms with Crippen LogP contribution < -0.4 is 19.6 Å². The minimum Gasteiger partial charge on any atom is -0.497 e. The number of fused-ring (bicyclic) bond motifs is 1. The van der Waals surface area contributed by atoms with Crippen LogP contribution in [-0.4, -0.2) is 24.3 Å². The maximum absolute atomic E-state index is 14.1. The number of carbonyl (C=O) groups excluding carboxylic acids is 1. The number of benzene rings is 3. The van der Waals surface area contributed by atoms with Crippen LogP contribution in [0.2, 0.25) is 0 Å². The first-order chi connectivity index (χ1) is 20.9. The predicted octanol–water partition coefficient (Wildman–Crippen LogP) is 6.28. The Morgan fingerprint density at radius 3 is 2.63 bits per heavy atom. The highest BCUT2D eigenvalue weighted by molar-refractivity contribution is 9.10. The van der Waals surface area contributed by atoms with Crippen molar-refractivity contribution in [3.63, 3.8) is 0 Å². The van der Waals surface area contributed by atoms with E-state index in [9.17, 15) is 9.59 Å². The molecule has 2 aromatic heterocycles. The van der Waals surface area contributed by atoms with Crippen molar-refractivity contribution in [1.82, 2.24) is 4.57 Å². The summed E-state index contributed by atoms with van der Waals surface area (Å²) in [5.41, 5.74) is 3.94. The molecule has 6 rings (SSSR count). The molecule has 1 atom stereocenters. The van der Waals surface area contributed by atoms with Crippen LogP contribution in [0.15, 0.2) is 109 Å². The molecule has 216 valence electrons. The van der Waals surface area contributed by atoms with Gasteiger partial charge in [0.2, 0.25) is 0 Å². The van der Waals surface area contributed by atoms with Crippen molar-refractivity contribution < 1.29 is 18.7 Å². The van der Waals surface area contributed by atoms with Gasteiger partial charge in [-0.1, -0.05) is 75.8 Å². The average molecular weight is 656 g/mol. The second-order valence-corrected chi connectivity index (χ2v) is 11.8. The minimum atomic E-state index is -0.793. The summed E-state index contributed by atoms with van der Waals surface area (Å²) in [6.45, 7) is 3.96. The van der Waals surface area contributed by atoms with E-state index in [-0.39, 0.29) is 17.7 Å². The summed E-state index contributed by atoms with van der Waals surface area (Å²) < 4.78 is 20.1. The van der Waals surface area contributed by atoms with Gasteiger partial charge in [-0.2, -0.15) is 0 Å². The van der Waals surface area contributed by atoms with Crippen LogP contribution in [0.4, 0.5) is 0 Å². The molecule has 0 fully saturated rings. The first-order valence-electron chi connectivity index (χ1n) is 13.7. The molecule has 0 saturated heterocycles. The summed E-state index contributed by atoms with van der Waals surface area (Å²) >= 11 is 4.86. The summed E-state index contributed by atoms with van der Waals surface area (Å²) in [7, 11) is 1.58. The lowest BCUT2D eigenvalue weighted by atomic mass is 9.93. The lowest BCUT2D eigenvalue weighted by molar-refractivity contribution is -0.138. The van der Waals surface area contributed by atoms with Gasteiger partial charge in [0.1, 0.15) is 17.3 Å². The second kappa shape index (κ2) is 12.0. The maximum atomic E-state index is 14.1. The number of furan rings is 1. The Morgan fingerprint density at radius 2 is 1.88 bits per heavy atom. The molecule has 0 bridgehead atoms. The van der Waals surface area contributed by atoms with E-state index in [1.165, 1.54) is 11.3 Å². The van der Waals surface area contributed by atoms with E-state index in [0.717, 1.165) is 21.2 Å². The number of aromatic nitrogens is 1. The van der Waals surface area contributed by atoms with E-state index in [4.69, 9.17) is 18.9 Å². The Hall–Kier alpha value is -4.47. The Labute approximate surface area is 260 Å². The summed E-state index contributed by atoms with van der Waals surface area (Å²) in [6, 6.07) is 25.8. The van der Waals surface area contributed by atoms with Gasteiger partial charge in [-0.3, -0.25) is 9.36 Å². The fraction of sp³-hybridized carbons (Fsp3) is 0.147. The smallest absolute Gasteiger partial charge is 0.338 e. The zero-order valence-corrected chi connectivity index (χ0v) is 26.1. The largest absolute Gasteiger partial charge is 0.497 e. The molecule has 3 heterocycles. The van der Waals surface area contributed by atoms with Crippen molar-refractivity contribution in [3.8, 4) is 17.1 Å². The van der Waals surface area contributed by atoms with E-state index in [0.29, 0.717) is 37.9 Å². The zero-order chi connectivity index (χ0) is 30.1. The van der Waals surface area contributed by atoms with Gasteiger partial charge in [-0.25, -0.2) is 9.79 Å². The van der Waals surface area contributed by atoms with Crippen LogP contribution in [0.3, 0.4) is 0 Å². The fourth-order valence-electron chi connectivity index (χ4n) is 5.09. The maximum Gasteiger partial charge on any atom is 0.338 e. The molecule has 7 nitrogen and oxygen atoms in total. The Balaban J connectivity index is 1.57. The molecule has 0 aliphatic carbocycles. The third-order valence-corrected chi connectivity index (χ3v) is 8.71. The number of rotatable bonds is 7. The van der Waals surface area contributed by atoms with Gasteiger partial charge in [-0.05, 0) is 61.4 Å². The molecule has 1 aliphatic heterocycles. The molecule has 5 aromatic rings.